The van der Waals surface area contributed by atoms with E-state index in [0.717, 1.165) is 5.56 Å². The minimum atomic E-state index is -0.211. The molecule has 0 aliphatic heterocycles. The van der Waals surface area contributed by atoms with Crippen molar-refractivity contribution in [1.82, 2.24) is 10.3 Å². The highest BCUT2D eigenvalue weighted by atomic mass is 35.5. The Kier molecular flexibility index (Phi) is 4.63. The number of pyridine rings is 1. The Hall–Kier alpha value is -1.87. The highest BCUT2D eigenvalue weighted by Crippen LogP contribution is 2.33. The average molecular weight is 303 g/mol. The van der Waals surface area contributed by atoms with Gasteiger partial charge in [0.15, 0.2) is 0 Å². The Morgan fingerprint density at radius 2 is 1.86 bits per heavy atom. The van der Waals surface area contributed by atoms with Gasteiger partial charge in [0, 0.05) is 12.4 Å². The summed E-state index contributed by atoms with van der Waals surface area (Å²) in [6, 6.07) is 11.4. The van der Waals surface area contributed by atoms with E-state index in [1.54, 1.807) is 12.3 Å². The molecule has 0 bridgehead atoms. The number of nitrogens with one attached hydrogen (secondary N) is 1. The second-order valence-electron chi connectivity index (χ2n) is 6.04. The first kappa shape index (κ1) is 15.5. The fraction of sp³-hybridized carbons (Fsp3) is 0.294. The largest absolute Gasteiger partial charge is 0.345 e. The van der Waals surface area contributed by atoms with Crippen LogP contribution in [0.25, 0.3) is 0 Å². The van der Waals surface area contributed by atoms with Gasteiger partial charge in [-0.25, -0.2) is 0 Å². The third-order valence-electron chi connectivity index (χ3n) is 3.29. The molecule has 21 heavy (non-hydrogen) atoms. The molecule has 1 aromatic heterocycles. The van der Waals surface area contributed by atoms with Crippen LogP contribution in [0.3, 0.4) is 0 Å². The van der Waals surface area contributed by atoms with Crippen molar-refractivity contribution in [3.8, 4) is 0 Å². The van der Waals surface area contributed by atoms with E-state index in [-0.39, 0.29) is 17.4 Å². The molecule has 0 aliphatic rings. The molecule has 1 amide bonds. The summed E-state index contributed by atoms with van der Waals surface area (Å²) in [5.41, 5.74) is 1.34. The zero-order valence-electron chi connectivity index (χ0n) is 12.4. The number of amides is 1. The van der Waals surface area contributed by atoms with Gasteiger partial charge in [0.2, 0.25) is 0 Å². The quantitative estimate of drug-likeness (QED) is 0.921. The summed E-state index contributed by atoms with van der Waals surface area (Å²) in [7, 11) is 0. The summed E-state index contributed by atoms with van der Waals surface area (Å²) in [5, 5.41) is 3.47. The number of hydrogen-bond donors (Lipinski definition) is 1. The minimum absolute atomic E-state index is 0.109. The fourth-order valence-corrected chi connectivity index (χ4v) is 2.39. The molecule has 1 heterocycles. The molecule has 3 nitrogen and oxygen atoms in total. The van der Waals surface area contributed by atoms with Crippen LogP contribution in [0.2, 0.25) is 5.02 Å². The van der Waals surface area contributed by atoms with Gasteiger partial charge in [0.05, 0.1) is 16.6 Å². The Morgan fingerprint density at radius 1 is 1.19 bits per heavy atom. The van der Waals surface area contributed by atoms with Crippen LogP contribution in [-0.4, -0.2) is 10.9 Å². The number of carbonyl (C=O) groups is 1. The van der Waals surface area contributed by atoms with Crippen molar-refractivity contribution in [3.63, 3.8) is 0 Å². The normalized spacial score (nSPS) is 12.8. The second kappa shape index (κ2) is 6.27. The summed E-state index contributed by atoms with van der Waals surface area (Å²) in [6.45, 7) is 6.28. The lowest BCUT2D eigenvalue weighted by Crippen LogP contribution is -2.36. The monoisotopic (exact) mass is 302 g/mol. The lowest BCUT2D eigenvalue weighted by Gasteiger charge is -2.32. The van der Waals surface area contributed by atoms with Crippen molar-refractivity contribution in [3.05, 3.63) is 64.9 Å². The molecule has 2 rings (SSSR count). The third-order valence-corrected chi connectivity index (χ3v) is 3.62. The summed E-state index contributed by atoms with van der Waals surface area (Å²) < 4.78 is 0. The molecule has 1 N–H and O–H groups in total. The molecule has 4 heteroatoms. The maximum atomic E-state index is 12.5. The van der Waals surface area contributed by atoms with Gasteiger partial charge in [0.1, 0.15) is 0 Å². The SMILES string of the molecule is CC(C)(C)C(NC(=O)c1cnccc1Cl)c1ccccc1. The lowest BCUT2D eigenvalue weighted by molar-refractivity contribution is 0.0901. The first-order valence-electron chi connectivity index (χ1n) is 6.85. The van der Waals surface area contributed by atoms with Crippen molar-refractivity contribution in [2.24, 2.45) is 5.41 Å². The van der Waals surface area contributed by atoms with Crippen molar-refractivity contribution < 1.29 is 4.79 Å². The zero-order chi connectivity index (χ0) is 15.5. The van der Waals surface area contributed by atoms with Crippen LogP contribution in [0.5, 0.6) is 0 Å². The van der Waals surface area contributed by atoms with Crippen LogP contribution in [0.4, 0.5) is 0 Å². The number of benzene rings is 1. The van der Waals surface area contributed by atoms with Crippen LogP contribution in [0.1, 0.15) is 42.7 Å². The molecule has 0 radical (unpaired) electrons. The van der Waals surface area contributed by atoms with Gasteiger partial charge >= 0.3 is 0 Å². The van der Waals surface area contributed by atoms with Crippen molar-refractivity contribution >= 4 is 17.5 Å². The van der Waals surface area contributed by atoms with Gasteiger partial charge < -0.3 is 5.32 Å². The maximum Gasteiger partial charge on any atom is 0.254 e. The van der Waals surface area contributed by atoms with Gasteiger partial charge in [-0.1, -0.05) is 62.7 Å². The van der Waals surface area contributed by atoms with Crippen LogP contribution in [0.15, 0.2) is 48.8 Å². The van der Waals surface area contributed by atoms with E-state index < -0.39 is 0 Å². The topological polar surface area (TPSA) is 42.0 Å². The summed E-state index contributed by atoms with van der Waals surface area (Å²) >= 11 is 6.06. The average Bonchev–Trinajstić information content (AvgIpc) is 2.44. The van der Waals surface area contributed by atoms with E-state index in [2.05, 4.69) is 31.1 Å². The third kappa shape index (κ3) is 3.82. The van der Waals surface area contributed by atoms with Crippen LogP contribution in [-0.2, 0) is 0 Å². The molecule has 2 aromatic rings. The van der Waals surface area contributed by atoms with Crippen molar-refractivity contribution in [2.75, 3.05) is 0 Å². The van der Waals surface area contributed by atoms with E-state index in [0.29, 0.717) is 10.6 Å². The zero-order valence-corrected chi connectivity index (χ0v) is 13.2. The van der Waals surface area contributed by atoms with E-state index in [4.69, 9.17) is 11.6 Å². The highest BCUT2D eigenvalue weighted by molar-refractivity contribution is 6.33. The Bertz CT molecular complexity index is 620. The van der Waals surface area contributed by atoms with Crippen LogP contribution in [0, 0.1) is 5.41 Å². The predicted molar refractivity (Wildman–Crippen MR) is 85.4 cm³/mol. The number of aromatic nitrogens is 1. The summed E-state index contributed by atoms with van der Waals surface area (Å²) in [5.74, 6) is -0.211. The molecule has 0 saturated heterocycles. The van der Waals surface area contributed by atoms with Gasteiger partial charge in [-0.2, -0.15) is 0 Å². The van der Waals surface area contributed by atoms with Gasteiger partial charge in [-0.3, -0.25) is 9.78 Å². The lowest BCUT2D eigenvalue weighted by atomic mass is 9.82. The molecule has 0 fully saturated rings. The molecule has 0 aliphatic carbocycles. The highest BCUT2D eigenvalue weighted by Gasteiger charge is 2.28. The molecule has 1 unspecified atom stereocenters. The van der Waals surface area contributed by atoms with E-state index in [1.807, 2.05) is 30.3 Å². The van der Waals surface area contributed by atoms with Gasteiger partial charge in [0.25, 0.3) is 5.91 Å². The van der Waals surface area contributed by atoms with Crippen LogP contribution >= 0.6 is 11.6 Å². The molecule has 110 valence electrons. The fourth-order valence-electron chi connectivity index (χ4n) is 2.20. The predicted octanol–water partition coefficient (Wildman–Crippen LogP) is 4.25. The summed E-state index contributed by atoms with van der Waals surface area (Å²) in [6.07, 6.45) is 3.06. The Balaban J connectivity index is 2.29. The van der Waals surface area contributed by atoms with Gasteiger partial charge in [-0.05, 0) is 17.0 Å². The molecular weight excluding hydrogens is 284 g/mol. The Labute approximate surface area is 130 Å². The maximum absolute atomic E-state index is 12.5. The number of halogens is 1. The minimum Gasteiger partial charge on any atom is -0.345 e. The van der Waals surface area contributed by atoms with E-state index in [1.165, 1.54) is 6.20 Å². The number of rotatable bonds is 3. The van der Waals surface area contributed by atoms with Crippen molar-refractivity contribution in [2.45, 2.75) is 26.8 Å². The first-order chi connectivity index (χ1) is 9.89. The number of nitrogens with zero attached hydrogens (tertiary/aromatic N) is 1. The smallest absolute Gasteiger partial charge is 0.254 e. The standard InChI is InChI=1S/C17H19ClN2O/c1-17(2,3)15(12-7-5-4-6-8-12)20-16(21)13-11-19-10-9-14(13)18/h4-11,15H,1-3H3,(H,20,21). The van der Waals surface area contributed by atoms with Gasteiger partial charge in [-0.15, -0.1) is 0 Å². The van der Waals surface area contributed by atoms with Crippen LogP contribution < -0.4 is 5.32 Å². The Morgan fingerprint density at radius 3 is 2.43 bits per heavy atom. The second-order valence-corrected chi connectivity index (χ2v) is 6.45. The van der Waals surface area contributed by atoms with E-state index in [9.17, 15) is 4.79 Å². The van der Waals surface area contributed by atoms with E-state index >= 15 is 0 Å². The number of hydrogen-bond acceptors (Lipinski definition) is 2. The van der Waals surface area contributed by atoms with Crippen molar-refractivity contribution in [1.29, 1.82) is 0 Å². The summed E-state index contributed by atoms with van der Waals surface area (Å²) in [4.78, 5) is 16.4. The first-order valence-corrected chi connectivity index (χ1v) is 7.22. The molecular formula is C17H19ClN2O. The number of carbonyl (C=O) groups excluding carboxylic acids is 1. The molecule has 0 saturated carbocycles. The molecule has 0 spiro atoms. The molecule has 1 aromatic carbocycles. The molecule has 1 atom stereocenters.